The first-order valence-electron chi connectivity index (χ1n) is 5.86. The highest BCUT2D eigenvalue weighted by molar-refractivity contribution is 6.19. The minimum atomic E-state index is 0.554. The fraction of sp³-hybridized carbons (Fsp3) is 0.429. The molecule has 0 unspecified atom stereocenters. The summed E-state index contributed by atoms with van der Waals surface area (Å²) in [6.45, 7) is 6.00. The summed E-state index contributed by atoms with van der Waals surface area (Å²) in [6.07, 6.45) is 3.73. The Morgan fingerprint density at radius 1 is 1.31 bits per heavy atom. The van der Waals surface area contributed by atoms with Crippen LogP contribution in [0.25, 0.3) is 0 Å². The molecule has 86 valence electrons. The van der Waals surface area contributed by atoms with Crippen LogP contribution in [0.2, 0.25) is 0 Å². The Hall–Kier alpha value is -0.950. The zero-order valence-electron chi connectivity index (χ0n) is 9.58. The maximum Gasteiger partial charge on any atom is 0.0448 e. The predicted octanol–water partition coefficient (Wildman–Crippen LogP) is 3.62. The van der Waals surface area contributed by atoms with Gasteiger partial charge in [0.25, 0.3) is 0 Å². The van der Waals surface area contributed by atoms with Gasteiger partial charge in [-0.3, -0.25) is 0 Å². The smallest absolute Gasteiger partial charge is 0.0448 e. The van der Waals surface area contributed by atoms with Crippen molar-refractivity contribution in [2.45, 2.75) is 19.3 Å². The number of alkyl halides is 1. The molecule has 0 atom stereocenters. The molecule has 0 amide bonds. The number of benzene rings is 1. The molecule has 0 aromatic heterocycles. The van der Waals surface area contributed by atoms with Gasteiger partial charge in [0.15, 0.2) is 0 Å². The third-order valence-corrected chi connectivity index (χ3v) is 3.44. The highest BCUT2D eigenvalue weighted by atomic mass is 35.5. The monoisotopic (exact) mass is 235 g/mol. The maximum absolute atomic E-state index is 5.81. The number of rotatable bonds is 3. The van der Waals surface area contributed by atoms with E-state index in [0.29, 0.717) is 5.88 Å². The van der Waals surface area contributed by atoms with Crippen molar-refractivity contribution in [3.8, 4) is 0 Å². The SMILES string of the molecule is C=C(CCl)CN1CCCCc2ccccc21. The van der Waals surface area contributed by atoms with Gasteiger partial charge in [-0.15, -0.1) is 11.6 Å². The molecule has 1 heterocycles. The number of nitrogens with zero attached hydrogens (tertiary/aromatic N) is 1. The van der Waals surface area contributed by atoms with Gasteiger partial charge in [0.05, 0.1) is 0 Å². The lowest BCUT2D eigenvalue weighted by Crippen LogP contribution is -2.26. The molecule has 2 heteroatoms. The molecule has 0 radical (unpaired) electrons. The van der Waals surface area contributed by atoms with E-state index < -0.39 is 0 Å². The minimum absolute atomic E-state index is 0.554. The first-order valence-corrected chi connectivity index (χ1v) is 6.40. The van der Waals surface area contributed by atoms with Crippen molar-refractivity contribution in [3.05, 3.63) is 42.0 Å². The number of para-hydroxylation sites is 1. The topological polar surface area (TPSA) is 3.24 Å². The summed E-state index contributed by atoms with van der Waals surface area (Å²) < 4.78 is 0. The quantitative estimate of drug-likeness (QED) is 0.571. The zero-order chi connectivity index (χ0) is 11.4. The molecule has 0 saturated heterocycles. The first-order chi connectivity index (χ1) is 7.81. The maximum atomic E-state index is 5.81. The van der Waals surface area contributed by atoms with Gasteiger partial charge in [0, 0.05) is 24.7 Å². The molecule has 2 rings (SSSR count). The van der Waals surface area contributed by atoms with Crippen molar-refractivity contribution in [1.82, 2.24) is 0 Å². The Morgan fingerprint density at radius 3 is 2.94 bits per heavy atom. The molecule has 0 fully saturated rings. The lowest BCUT2D eigenvalue weighted by Gasteiger charge is -2.25. The van der Waals surface area contributed by atoms with Gasteiger partial charge < -0.3 is 4.90 Å². The lowest BCUT2D eigenvalue weighted by atomic mass is 10.1. The molecule has 1 aliphatic heterocycles. The fourth-order valence-corrected chi connectivity index (χ4v) is 2.33. The summed E-state index contributed by atoms with van der Waals surface area (Å²) in [5.41, 5.74) is 3.92. The predicted molar refractivity (Wildman–Crippen MR) is 71.5 cm³/mol. The van der Waals surface area contributed by atoms with Gasteiger partial charge in [0.1, 0.15) is 0 Å². The number of aryl methyl sites for hydroxylation is 1. The van der Waals surface area contributed by atoms with Crippen molar-refractivity contribution in [2.75, 3.05) is 23.9 Å². The molecule has 1 aromatic rings. The van der Waals surface area contributed by atoms with Crippen molar-refractivity contribution >= 4 is 17.3 Å². The molecule has 0 N–H and O–H groups in total. The number of halogens is 1. The van der Waals surface area contributed by atoms with Crippen LogP contribution in [0.5, 0.6) is 0 Å². The Balaban J connectivity index is 2.22. The second-order valence-corrected chi connectivity index (χ2v) is 4.66. The first kappa shape index (κ1) is 11.5. The Morgan fingerprint density at radius 2 is 2.12 bits per heavy atom. The summed E-state index contributed by atoms with van der Waals surface area (Å²) in [4.78, 5) is 2.41. The van der Waals surface area contributed by atoms with E-state index in [1.807, 2.05) is 0 Å². The van der Waals surface area contributed by atoms with Crippen LogP contribution in [0.4, 0.5) is 5.69 Å². The minimum Gasteiger partial charge on any atom is -0.367 e. The number of anilines is 1. The molecule has 0 spiro atoms. The summed E-state index contributed by atoms with van der Waals surface area (Å²) in [7, 11) is 0. The lowest BCUT2D eigenvalue weighted by molar-refractivity contribution is 0.731. The van der Waals surface area contributed by atoms with Crippen molar-refractivity contribution in [2.24, 2.45) is 0 Å². The van der Waals surface area contributed by atoms with Crippen molar-refractivity contribution < 1.29 is 0 Å². The molecule has 0 bridgehead atoms. The van der Waals surface area contributed by atoms with Crippen LogP contribution in [0, 0.1) is 0 Å². The second kappa shape index (κ2) is 5.40. The normalized spacial score (nSPS) is 15.4. The van der Waals surface area contributed by atoms with Gasteiger partial charge in [0.2, 0.25) is 0 Å². The summed E-state index contributed by atoms with van der Waals surface area (Å²) in [5, 5.41) is 0. The van der Waals surface area contributed by atoms with E-state index in [9.17, 15) is 0 Å². The third-order valence-electron chi connectivity index (χ3n) is 3.06. The standard InChI is InChI=1S/C14H18ClN/c1-12(10-15)11-16-9-5-4-7-13-6-2-3-8-14(13)16/h2-3,6,8H,1,4-5,7,9-11H2. The van der Waals surface area contributed by atoms with E-state index >= 15 is 0 Å². The van der Waals surface area contributed by atoms with E-state index in [4.69, 9.17) is 11.6 Å². The zero-order valence-corrected chi connectivity index (χ0v) is 10.3. The highest BCUT2D eigenvalue weighted by Gasteiger charge is 2.14. The molecule has 0 saturated carbocycles. The Bertz CT molecular complexity index is 373. The average Bonchev–Trinajstić information content (AvgIpc) is 2.52. The van der Waals surface area contributed by atoms with Gasteiger partial charge in [-0.05, 0) is 36.5 Å². The van der Waals surface area contributed by atoms with Crippen LogP contribution in [-0.4, -0.2) is 19.0 Å². The number of hydrogen-bond acceptors (Lipinski definition) is 1. The van der Waals surface area contributed by atoms with Gasteiger partial charge in [-0.1, -0.05) is 24.8 Å². The molecule has 1 aliphatic rings. The van der Waals surface area contributed by atoms with Crippen LogP contribution in [0.3, 0.4) is 0 Å². The molecule has 1 aromatic carbocycles. The Kier molecular flexibility index (Phi) is 3.89. The molecular weight excluding hydrogens is 218 g/mol. The molecule has 0 aliphatic carbocycles. The third kappa shape index (κ3) is 2.59. The van der Waals surface area contributed by atoms with Gasteiger partial charge in [-0.25, -0.2) is 0 Å². The molecular formula is C14H18ClN. The van der Waals surface area contributed by atoms with Gasteiger partial charge in [-0.2, -0.15) is 0 Å². The highest BCUT2D eigenvalue weighted by Crippen LogP contribution is 2.26. The molecule has 16 heavy (non-hydrogen) atoms. The largest absolute Gasteiger partial charge is 0.367 e. The summed E-state index contributed by atoms with van der Waals surface area (Å²) in [5.74, 6) is 0.554. The van der Waals surface area contributed by atoms with Crippen LogP contribution in [0.15, 0.2) is 36.4 Å². The molecule has 1 nitrogen and oxygen atoms in total. The number of hydrogen-bond donors (Lipinski definition) is 0. The average molecular weight is 236 g/mol. The fourth-order valence-electron chi connectivity index (χ4n) is 2.25. The summed E-state index contributed by atoms with van der Waals surface area (Å²) >= 11 is 5.81. The van der Waals surface area contributed by atoms with Crippen LogP contribution >= 0.6 is 11.6 Å². The Labute approximate surface area is 103 Å². The van der Waals surface area contributed by atoms with Crippen LogP contribution in [0.1, 0.15) is 18.4 Å². The van der Waals surface area contributed by atoms with E-state index in [0.717, 1.165) is 18.7 Å². The van der Waals surface area contributed by atoms with E-state index in [-0.39, 0.29) is 0 Å². The van der Waals surface area contributed by atoms with Crippen LogP contribution < -0.4 is 4.90 Å². The van der Waals surface area contributed by atoms with Crippen molar-refractivity contribution in [3.63, 3.8) is 0 Å². The van der Waals surface area contributed by atoms with Crippen LogP contribution in [-0.2, 0) is 6.42 Å². The van der Waals surface area contributed by atoms with Crippen molar-refractivity contribution in [1.29, 1.82) is 0 Å². The summed E-state index contributed by atoms with van der Waals surface area (Å²) in [6, 6.07) is 8.68. The van der Waals surface area contributed by atoms with E-state index in [1.54, 1.807) is 0 Å². The number of fused-ring (bicyclic) bond motifs is 1. The van der Waals surface area contributed by atoms with E-state index in [2.05, 4.69) is 35.7 Å². The second-order valence-electron chi connectivity index (χ2n) is 4.39. The van der Waals surface area contributed by atoms with E-state index in [1.165, 1.54) is 30.5 Å². The van der Waals surface area contributed by atoms with Gasteiger partial charge >= 0.3 is 0 Å².